The van der Waals surface area contributed by atoms with Crippen LogP contribution in [-0.2, 0) is 11.2 Å². The monoisotopic (exact) mass is 324 g/mol. The number of halogens is 1. The Kier molecular flexibility index (Phi) is 5.86. The summed E-state index contributed by atoms with van der Waals surface area (Å²) in [6, 6.07) is 8.07. The maximum Gasteiger partial charge on any atom is 0.220 e. The highest BCUT2D eigenvalue weighted by Gasteiger charge is 2.14. The fourth-order valence-electron chi connectivity index (χ4n) is 2.41. The Morgan fingerprint density at radius 1 is 1.42 bits per heavy atom. The first-order valence-corrected chi connectivity index (χ1v) is 7.76. The van der Waals surface area contributed by atoms with E-state index in [1.54, 1.807) is 0 Å². The molecule has 19 heavy (non-hydrogen) atoms. The van der Waals surface area contributed by atoms with Crippen molar-refractivity contribution >= 4 is 21.8 Å². The van der Waals surface area contributed by atoms with E-state index in [0.717, 1.165) is 42.9 Å². The van der Waals surface area contributed by atoms with Crippen LogP contribution in [0.25, 0.3) is 0 Å². The molecule has 0 saturated carbocycles. The van der Waals surface area contributed by atoms with Crippen molar-refractivity contribution in [3.63, 3.8) is 0 Å². The Hall–Kier alpha value is -0.870. The molecule has 1 aromatic carbocycles. The summed E-state index contributed by atoms with van der Waals surface area (Å²) in [4.78, 5) is 11.8. The number of carbonyl (C=O) groups is 1. The van der Waals surface area contributed by atoms with E-state index >= 15 is 0 Å². The van der Waals surface area contributed by atoms with Crippen LogP contribution in [0.1, 0.15) is 24.8 Å². The molecule has 0 aromatic heterocycles. The van der Waals surface area contributed by atoms with E-state index < -0.39 is 0 Å². The smallest absolute Gasteiger partial charge is 0.220 e. The lowest BCUT2D eigenvalue weighted by molar-refractivity contribution is -0.121. The molecule has 1 fully saturated rings. The van der Waals surface area contributed by atoms with E-state index in [4.69, 9.17) is 0 Å². The average molecular weight is 325 g/mol. The van der Waals surface area contributed by atoms with Crippen molar-refractivity contribution in [1.29, 1.82) is 0 Å². The van der Waals surface area contributed by atoms with Crippen LogP contribution in [0.2, 0.25) is 0 Å². The van der Waals surface area contributed by atoms with Crippen molar-refractivity contribution in [3.05, 3.63) is 34.3 Å². The van der Waals surface area contributed by atoms with Gasteiger partial charge in [0.05, 0.1) is 0 Å². The Morgan fingerprint density at radius 2 is 2.26 bits per heavy atom. The molecule has 1 heterocycles. The number of hydrogen-bond acceptors (Lipinski definition) is 2. The van der Waals surface area contributed by atoms with E-state index in [1.165, 1.54) is 12.0 Å². The van der Waals surface area contributed by atoms with E-state index in [1.807, 2.05) is 18.2 Å². The summed E-state index contributed by atoms with van der Waals surface area (Å²) < 4.78 is 1.08. The molecule has 1 aliphatic heterocycles. The Balaban J connectivity index is 1.63. The van der Waals surface area contributed by atoms with Gasteiger partial charge in [-0.15, -0.1) is 0 Å². The molecule has 1 aromatic rings. The van der Waals surface area contributed by atoms with Gasteiger partial charge in [0.25, 0.3) is 0 Å². The van der Waals surface area contributed by atoms with Gasteiger partial charge in [0.2, 0.25) is 5.91 Å². The number of nitrogens with one attached hydrogen (secondary N) is 2. The number of benzene rings is 1. The summed E-state index contributed by atoms with van der Waals surface area (Å²) in [6.45, 7) is 3.04. The third-order valence-corrected chi connectivity index (χ3v) is 4.39. The summed E-state index contributed by atoms with van der Waals surface area (Å²) in [7, 11) is 0. The molecule has 4 heteroatoms. The first kappa shape index (κ1) is 14.5. The van der Waals surface area contributed by atoms with Gasteiger partial charge in [-0.25, -0.2) is 0 Å². The molecule has 1 amide bonds. The van der Waals surface area contributed by atoms with Crippen LogP contribution < -0.4 is 10.6 Å². The second-order valence-corrected chi connectivity index (χ2v) is 5.94. The Bertz CT molecular complexity index is 416. The lowest BCUT2D eigenvalue weighted by Gasteiger charge is -2.09. The van der Waals surface area contributed by atoms with Crippen molar-refractivity contribution in [2.75, 3.05) is 19.6 Å². The molecule has 3 nitrogen and oxygen atoms in total. The maximum absolute atomic E-state index is 11.8. The van der Waals surface area contributed by atoms with Crippen molar-refractivity contribution in [2.24, 2.45) is 5.92 Å². The van der Waals surface area contributed by atoms with Crippen LogP contribution >= 0.6 is 15.9 Å². The molecule has 0 radical (unpaired) electrons. The highest BCUT2D eigenvalue weighted by atomic mass is 79.9. The summed E-state index contributed by atoms with van der Waals surface area (Å²) in [5, 5.41) is 6.36. The van der Waals surface area contributed by atoms with Gasteiger partial charge < -0.3 is 10.6 Å². The summed E-state index contributed by atoms with van der Waals surface area (Å²) in [5.74, 6) is 0.894. The predicted octanol–water partition coefficient (Wildman–Crippen LogP) is 2.50. The predicted molar refractivity (Wildman–Crippen MR) is 81.1 cm³/mol. The summed E-state index contributed by atoms with van der Waals surface area (Å²) >= 11 is 3.51. The lowest BCUT2D eigenvalue weighted by atomic mass is 10.1. The van der Waals surface area contributed by atoms with Crippen LogP contribution in [0, 0.1) is 5.92 Å². The Labute approximate surface area is 123 Å². The van der Waals surface area contributed by atoms with Gasteiger partial charge in [0.1, 0.15) is 0 Å². The van der Waals surface area contributed by atoms with Crippen LogP contribution in [0.5, 0.6) is 0 Å². The van der Waals surface area contributed by atoms with Crippen molar-refractivity contribution in [2.45, 2.75) is 25.7 Å². The number of carbonyl (C=O) groups excluding carboxylic acids is 1. The molecular weight excluding hydrogens is 304 g/mol. The van der Waals surface area contributed by atoms with Gasteiger partial charge in [0, 0.05) is 17.4 Å². The van der Waals surface area contributed by atoms with Crippen LogP contribution in [0.15, 0.2) is 28.7 Å². The van der Waals surface area contributed by atoms with Gasteiger partial charge in [-0.05, 0) is 49.9 Å². The van der Waals surface area contributed by atoms with Gasteiger partial charge >= 0.3 is 0 Å². The number of amides is 1. The zero-order valence-electron chi connectivity index (χ0n) is 11.1. The fourth-order valence-corrected chi connectivity index (χ4v) is 2.90. The largest absolute Gasteiger partial charge is 0.356 e. The number of aryl methyl sites for hydroxylation is 1. The van der Waals surface area contributed by atoms with Gasteiger partial charge in [-0.3, -0.25) is 4.79 Å². The van der Waals surface area contributed by atoms with Gasteiger partial charge in [-0.1, -0.05) is 34.1 Å². The van der Waals surface area contributed by atoms with Crippen LogP contribution in [0.4, 0.5) is 0 Å². The van der Waals surface area contributed by atoms with E-state index in [0.29, 0.717) is 6.42 Å². The second-order valence-electron chi connectivity index (χ2n) is 5.09. The molecule has 2 rings (SSSR count). The van der Waals surface area contributed by atoms with Gasteiger partial charge in [0.15, 0.2) is 0 Å². The molecule has 1 aliphatic rings. The molecule has 1 unspecified atom stereocenters. The number of rotatable bonds is 6. The first-order valence-electron chi connectivity index (χ1n) is 6.96. The highest BCUT2D eigenvalue weighted by molar-refractivity contribution is 9.10. The minimum Gasteiger partial charge on any atom is -0.356 e. The molecule has 1 saturated heterocycles. The number of hydrogen-bond donors (Lipinski definition) is 2. The molecule has 2 N–H and O–H groups in total. The first-order chi connectivity index (χ1) is 9.25. The Morgan fingerprint density at radius 3 is 3.00 bits per heavy atom. The molecule has 1 atom stereocenters. The molecule has 104 valence electrons. The van der Waals surface area contributed by atoms with Gasteiger partial charge in [-0.2, -0.15) is 0 Å². The topological polar surface area (TPSA) is 41.1 Å². The third-order valence-electron chi connectivity index (χ3n) is 3.62. The van der Waals surface area contributed by atoms with Crippen molar-refractivity contribution in [1.82, 2.24) is 10.6 Å². The molecule has 0 bridgehead atoms. The fraction of sp³-hybridized carbons (Fsp3) is 0.533. The third kappa shape index (κ3) is 4.96. The van der Waals surface area contributed by atoms with Crippen LogP contribution in [0.3, 0.4) is 0 Å². The average Bonchev–Trinajstić information content (AvgIpc) is 2.91. The zero-order chi connectivity index (χ0) is 13.5. The summed E-state index contributed by atoms with van der Waals surface area (Å²) in [5.41, 5.74) is 1.19. The lowest BCUT2D eigenvalue weighted by Crippen LogP contribution is -2.26. The van der Waals surface area contributed by atoms with E-state index in [2.05, 4.69) is 32.6 Å². The zero-order valence-corrected chi connectivity index (χ0v) is 12.7. The quantitative estimate of drug-likeness (QED) is 0.844. The maximum atomic E-state index is 11.8. The van der Waals surface area contributed by atoms with Crippen molar-refractivity contribution < 1.29 is 4.79 Å². The molecule has 0 aliphatic carbocycles. The van der Waals surface area contributed by atoms with Crippen LogP contribution in [-0.4, -0.2) is 25.5 Å². The van der Waals surface area contributed by atoms with E-state index in [9.17, 15) is 4.79 Å². The molecular formula is C15H21BrN2O. The minimum absolute atomic E-state index is 0.154. The SMILES string of the molecule is O=C(CCc1ccccc1Br)NCCC1CCNC1. The van der Waals surface area contributed by atoms with Crippen molar-refractivity contribution in [3.8, 4) is 0 Å². The summed E-state index contributed by atoms with van der Waals surface area (Å²) in [6.07, 6.45) is 3.68. The normalized spacial score (nSPS) is 18.5. The second kappa shape index (κ2) is 7.65. The highest BCUT2D eigenvalue weighted by Crippen LogP contribution is 2.17. The molecule has 0 spiro atoms. The minimum atomic E-state index is 0.154. The standard InChI is InChI=1S/C15H21BrN2O/c16-14-4-2-1-3-13(14)5-6-15(19)18-10-8-12-7-9-17-11-12/h1-4,12,17H,5-11H2,(H,18,19). The van der Waals surface area contributed by atoms with E-state index in [-0.39, 0.29) is 5.91 Å².